The van der Waals surface area contributed by atoms with Crippen molar-refractivity contribution in [1.29, 1.82) is 0 Å². The van der Waals surface area contributed by atoms with E-state index in [1.807, 2.05) is 5.38 Å². The van der Waals surface area contributed by atoms with E-state index in [4.69, 9.17) is 0 Å². The molecular weight excluding hydrogens is 232 g/mol. The summed E-state index contributed by atoms with van der Waals surface area (Å²) >= 11 is 1.57. The van der Waals surface area contributed by atoms with Crippen molar-refractivity contribution in [3.8, 4) is 0 Å². The maximum Gasteiger partial charge on any atom is 0.185 e. The number of hydrogen-bond acceptors (Lipinski definition) is 4. The highest BCUT2D eigenvalue weighted by Gasteiger charge is 2.17. The van der Waals surface area contributed by atoms with Crippen LogP contribution in [0.15, 0.2) is 5.38 Å². The van der Waals surface area contributed by atoms with E-state index >= 15 is 0 Å². The first-order valence-electron chi connectivity index (χ1n) is 6.34. The number of ketones is 1. The fraction of sp³-hybridized carbons (Fsp3) is 0.692. The van der Waals surface area contributed by atoms with Gasteiger partial charge in [0, 0.05) is 25.9 Å². The van der Waals surface area contributed by atoms with Gasteiger partial charge in [-0.3, -0.25) is 4.79 Å². The molecule has 0 unspecified atom stereocenters. The molecule has 0 atom stereocenters. The molecule has 0 spiro atoms. The summed E-state index contributed by atoms with van der Waals surface area (Å²) in [5.74, 6) is 0.858. The fourth-order valence-corrected chi connectivity index (χ4v) is 3.28. The van der Waals surface area contributed by atoms with E-state index < -0.39 is 0 Å². The van der Waals surface area contributed by atoms with Crippen LogP contribution < -0.4 is 4.90 Å². The quantitative estimate of drug-likeness (QED) is 0.770. The fourth-order valence-electron chi connectivity index (χ4n) is 2.44. The van der Waals surface area contributed by atoms with E-state index in [1.165, 1.54) is 32.1 Å². The molecule has 1 aromatic heterocycles. The van der Waals surface area contributed by atoms with Crippen LogP contribution >= 0.6 is 11.3 Å². The third-order valence-electron chi connectivity index (χ3n) is 3.44. The number of thiazole rings is 1. The number of Topliss-reactive ketones (excluding diaryl/α,β-unsaturated/α-hetero) is 1. The van der Waals surface area contributed by atoms with Crippen LogP contribution in [0.25, 0.3) is 0 Å². The van der Waals surface area contributed by atoms with Gasteiger partial charge < -0.3 is 4.90 Å². The topological polar surface area (TPSA) is 33.2 Å². The Morgan fingerprint density at radius 2 is 2.18 bits per heavy atom. The van der Waals surface area contributed by atoms with Crippen LogP contribution in [0.2, 0.25) is 0 Å². The van der Waals surface area contributed by atoms with E-state index in [1.54, 1.807) is 18.3 Å². The van der Waals surface area contributed by atoms with Gasteiger partial charge in [0.05, 0.1) is 0 Å². The summed E-state index contributed by atoms with van der Waals surface area (Å²) < 4.78 is 0. The van der Waals surface area contributed by atoms with E-state index in [2.05, 4.69) is 16.9 Å². The summed E-state index contributed by atoms with van der Waals surface area (Å²) in [5, 5.41) is 2.83. The van der Waals surface area contributed by atoms with E-state index in [9.17, 15) is 4.79 Å². The first-order valence-corrected chi connectivity index (χ1v) is 7.22. The zero-order chi connectivity index (χ0) is 12.3. The van der Waals surface area contributed by atoms with Crippen molar-refractivity contribution in [1.82, 2.24) is 4.98 Å². The number of carbonyl (C=O) groups is 1. The second kappa shape index (κ2) is 5.63. The molecule has 0 aliphatic heterocycles. The van der Waals surface area contributed by atoms with Crippen LogP contribution in [0.5, 0.6) is 0 Å². The second-order valence-corrected chi connectivity index (χ2v) is 5.79. The molecule has 0 saturated heterocycles. The normalized spacial score (nSPS) is 17.1. The molecule has 1 heterocycles. The summed E-state index contributed by atoms with van der Waals surface area (Å²) in [6, 6.07) is 0. The molecule has 0 N–H and O–H groups in total. The Hall–Kier alpha value is -0.900. The van der Waals surface area contributed by atoms with Gasteiger partial charge in [0.25, 0.3) is 0 Å². The van der Waals surface area contributed by atoms with E-state index in [0.717, 1.165) is 17.6 Å². The molecule has 0 aromatic carbocycles. The summed E-state index contributed by atoms with van der Waals surface area (Å²) in [4.78, 5) is 17.8. The van der Waals surface area contributed by atoms with Crippen LogP contribution in [-0.2, 0) is 0 Å². The van der Waals surface area contributed by atoms with Gasteiger partial charge in [-0.05, 0) is 18.8 Å². The van der Waals surface area contributed by atoms with Gasteiger partial charge in [0.1, 0.15) is 5.69 Å². The van der Waals surface area contributed by atoms with Crippen LogP contribution in [0.1, 0.15) is 49.5 Å². The standard InChI is InChI=1S/C13H20N2OS/c1-10(16)12-9-17-13(14-12)15(2)8-11-6-4-3-5-7-11/h9,11H,3-8H2,1-2H3. The van der Waals surface area contributed by atoms with E-state index in [0.29, 0.717) is 5.69 Å². The number of hydrogen-bond donors (Lipinski definition) is 0. The van der Waals surface area contributed by atoms with Crippen molar-refractivity contribution in [2.75, 3.05) is 18.5 Å². The summed E-state index contributed by atoms with van der Waals surface area (Å²) in [6.07, 6.45) is 6.82. The van der Waals surface area contributed by atoms with Gasteiger partial charge >= 0.3 is 0 Å². The Balaban J connectivity index is 1.93. The minimum absolute atomic E-state index is 0.0542. The first kappa shape index (κ1) is 12.6. The molecule has 1 saturated carbocycles. The molecule has 17 heavy (non-hydrogen) atoms. The Labute approximate surface area is 107 Å². The molecule has 1 aliphatic carbocycles. The van der Waals surface area contributed by atoms with Crippen molar-refractivity contribution in [3.63, 3.8) is 0 Å². The van der Waals surface area contributed by atoms with Gasteiger partial charge in [-0.2, -0.15) is 0 Å². The number of nitrogens with zero attached hydrogens (tertiary/aromatic N) is 2. The lowest BCUT2D eigenvalue weighted by molar-refractivity contribution is 0.101. The van der Waals surface area contributed by atoms with Gasteiger partial charge in [-0.15, -0.1) is 11.3 Å². The van der Waals surface area contributed by atoms with E-state index in [-0.39, 0.29) is 5.78 Å². The zero-order valence-electron chi connectivity index (χ0n) is 10.6. The Morgan fingerprint density at radius 3 is 2.76 bits per heavy atom. The molecule has 1 aliphatic rings. The van der Waals surface area contributed by atoms with Crippen molar-refractivity contribution in [3.05, 3.63) is 11.1 Å². The summed E-state index contributed by atoms with van der Waals surface area (Å²) in [7, 11) is 2.08. The van der Waals surface area contributed by atoms with Gasteiger partial charge in [0.2, 0.25) is 0 Å². The Bertz CT molecular complexity index is 383. The molecule has 2 rings (SSSR count). The highest BCUT2D eigenvalue weighted by molar-refractivity contribution is 7.13. The lowest BCUT2D eigenvalue weighted by Gasteiger charge is -2.26. The molecular formula is C13H20N2OS. The van der Waals surface area contributed by atoms with Crippen LogP contribution in [0, 0.1) is 5.92 Å². The third-order valence-corrected chi connectivity index (χ3v) is 4.39. The number of aromatic nitrogens is 1. The van der Waals surface area contributed by atoms with Crippen molar-refractivity contribution in [2.45, 2.75) is 39.0 Å². The highest BCUT2D eigenvalue weighted by Crippen LogP contribution is 2.27. The zero-order valence-corrected chi connectivity index (χ0v) is 11.4. The highest BCUT2D eigenvalue weighted by atomic mass is 32.1. The predicted molar refractivity (Wildman–Crippen MR) is 72.0 cm³/mol. The average Bonchev–Trinajstić information content (AvgIpc) is 2.79. The third kappa shape index (κ3) is 3.28. The van der Waals surface area contributed by atoms with Gasteiger partial charge in [-0.25, -0.2) is 4.98 Å². The van der Waals surface area contributed by atoms with Crippen LogP contribution in [0.3, 0.4) is 0 Å². The number of anilines is 1. The molecule has 4 heteroatoms. The number of rotatable bonds is 4. The Morgan fingerprint density at radius 1 is 1.47 bits per heavy atom. The van der Waals surface area contributed by atoms with Crippen molar-refractivity contribution < 1.29 is 4.79 Å². The second-order valence-electron chi connectivity index (χ2n) is 4.96. The lowest BCUT2D eigenvalue weighted by Crippen LogP contribution is -2.26. The minimum Gasteiger partial charge on any atom is -0.351 e. The van der Waals surface area contributed by atoms with Crippen molar-refractivity contribution >= 4 is 22.3 Å². The molecule has 94 valence electrons. The molecule has 0 bridgehead atoms. The summed E-state index contributed by atoms with van der Waals surface area (Å²) in [5.41, 5.74) is 0.598. The summed E-state index contributed by atoms with van der Waals surface area (Å²) in [6.45, 7) is 2.64. The SMILES string of the molecule is CC(=O)c1csc(N(C)CC2CCCCC2)n1. The maximum atomic E-state index is 11.2. The largest absolute Gasteiger partial charge is 0.351 e. The number of carbonyl (C=O) groups excluding carboxylic acids is 1. The van der Waals surface area contributed by atoms with Crippen molar-refractivity contribution in [2.24, 2.45) is 5.92 Å². The molecule has 0 amide bonds. The van der Waals surface area contributed by atoms with Gasteiger partial charge in [0.15, 0.2) is 10.9 Å². The lowest BCUT2D eigenvalue weighted by atomic mass is 9.89. The molecule has 1 fully saturated rings. The maximum absolute atomic E-state index is 11.2. The minimum atomic E-state index is 0.0542. The first-order chi connectivity index (χ1) is 8.16. The smallest absolute Gasteiger partial charge is 0.185 e. The average molecular weight is 252 g/mol. The molecule has 3 nitrogen and oxygen atoms in total. The molecule has 0 radical (unpaired) electrons. The van der Waals surface area contributed by atoms with Crippen LogP contribution in [0.4, 0.5) is 5.13 Å². The predicted octanol–water partition coefficient (Wildman–Crippen LogP) is 3.36. The Kier molecular flexibility index (Phi) is 4.15. The molecule has 1 aromatic rings. The van der Waals surface area contributed by atoms with Gasteiger partial charge in [-0.1, -0.05) is 19.3 Å². The monoisotopic (exact) mass is 252 g/mol. The van der Waals surface area contributed by atoms with Crippen LogP contribution in [-0.4, -0.2) is 24.4 Å².